The number of benzene rings is 1. The van der Waals surface area contributed by atoms with Crippen LogP contribution in [0.3, 0.4) is 0 Å². The molecule has 0 spiro atoms. The van der Waals surface area contributed by atoms with E-state index in [2.05, 4.69) is 10.6 Å². The van der Waals surface area contributed by atoms with Crippen LogP contribution in [0.5, 0.6) is 0 Å². The van der Waals surface area contributed by atoms with E-state index >= 15 is 0 Å². The van der Waals surface area contributed by atoms with Gasteiger partial charge in [0.05, 0.1) is 0 Å². The van der Waals surface area contributed by atoms with Crippen molar-refractivity contribution in [2.75, 3.05) is 10.6 Å². The van der Waals surface area contributed by atoms with Crippen LogP contribution in [0.1, 0.15) is 39.0 Å². The van der Waals surface area contributed by atoms with Gasteiger partial charge in [-0.15, -0.1) is 0 Å². The van der Waals surface area contributed by atoms with E-state index in [9.17, 15) is 9.59 Å². The second-order valence-corrected chi connectivity index (χ2v) is 6.95. The molecule has 2 aliphatic carbocycles. The number of hydrogen-bond acceptors (Lipinski definition) is 3. The molecule has 2 amide bonds. The van der Waals surface area contributed by atoms with E-state index in [0.29, 0.717) is 17.5 Å². The van der Waals surface area contributed by atoms with Gasteiger partial charge in [0.25, 0.3) is 0 Å². The van der Waals surface area contributed by atoms with Gasteiger partial charge in [-0.1, -0.05) is 12.5 Å². The molecular weight excluding hydrogens is 290 g/mol. The minimum absolute atomic E-state index is 0.0505. The van der Waals surface area contributed by atoms with Gasteiger partial charge in [0.15, 0.2) is 0 Å². The summed E-state index contributed by atoms with van der Waals surface area (Å²) in [4.78, 5) is 23.7. The zero-order valence-electron chi connectivity index (χ0n) is 13.5. The van der Waals surface area contributed by atoms with Crippen LogP contribution in [0.2, 0.25) is 0 Å². The van der Waals surface area contributed by atoms with Crippen LogP contribution in [-0.4, -0.2) is 17.9 Å². The molecule has 5 heteroatoms. The number of amides is 2. The number of nitrogens with two attached hydrogens (primary N) is 1. The lowest BCUT2D eigenvalue weighted by molar-refractivity contribution is -0.122. The summed E-state index contributed by atoms with van der Waals surface area (Å²) in [6.07, 6.45) is 5.35. The maximum atomic E-state index is 12.6. The molecule has 0 saturated heterocycles. The molecule has 2 bridgehead atoms. The third kappa shape index (κ3) is 3.72. The Morgan fingerprint density at radius 3 is 2.30 bits per heavy atom. The fraction of sp³-hybridized carbons (Fsp3) is 0.556. The quantitative estimate of drug-likeness (QED) is 0.802. The molecule has 2 atom stereocenters. The van der Waals surface area contributed by atoms with Crippen LogP contribution in [0, 0.1) is 17.8 Å². The fourth-order valence-electron chi connectivity index (χ4n) is 4.13. The topological polar surface area (TPSA) is 84.2 Å². The molecule has 2 fully saturated rings. The van der Waals surface area contributed by atoms with Gasteiger partial charge >= 0.3 is 0 Å². The zero-order valence-corrected chi connectivity index (χ0v) is 13.5. The summed E-state index contributed by atoms with van der Waals surface area (Å²) in [5.41, 5.74) is 7.71. The van der Waals surface area contributed by atoms with Gasteiger partial charge in [0.2, 0.25) is 11.8 Å². The van der Waals surface area contributed by atoms with E-state index in [1.54, 1.807) is 12.1 Å². The monoisotopic (exact) mass is 315 g/mol. The molecule has 2 aliphatic rings. The molecule has 2 saturated carbocycles. The van der Waals surface area contributed by atoms with E-state index < -0.39 is 0 Å². The molecule has 1 aromatic carbocycles. The molecule has 124 valence electrons. The molecule has 23 heavy (non-hydrogen) atoms. The van der Waals surface area contributed by atoms with Gasteiger partial charge in [-0.2, -0.15) is 0 Å². The Hall–Kier alpha value is -1.88. The molecule has 4 N–H and O–H groups in total. The Morgan fingerprint density at radius 2 is 1.70 bits per heavy atom. The van der Waals surface area contributed by atoms with Gasteiger partial charge in [-0.25, -0.2) is 0 Å². The van der Waals surface area contributed by atoms with Crippen LogP contribution < -0.4 is 16.4 Å². The number of nitrogens with one attached hydrogen (secondary N) is 2. The predicted molar refractivity (Wildman–Crippen MR) is 90.9 cm³/mol. The van der Waals surface area contributed by atoms with Crippen LogP contribution in [0.4, 0.5) is 11.4 Å². The summed E-state index contributed by atoms with van der Waals surface area (Å²) in [6, 6.07) is 7.54. The van der Waals surface area contributed by atoms with E-state index in [1.165, 1.54) is 13.3 Å². The zero-order chi connectivity index (χ0) is 16.4. The molecule has 0 aromatic heterocycles. The van der Waals surface area contributed by atoms with Crippen molar-refractivity contribution in [2.45, 2.75) is 45.1 Å². The van der Waals surface area contributed by atoms with Crippen molar-refractivity contribution >= 4 is 23.2 Å². The third-order valence-electron chi connectivity index (χ3n) is 5.23. The maximum absolute atomic E-state index is 12.6. The van der Waals surface area contributed by atoms with Crippen molar-refractivity contribution in [1.29, 1.82) is 0 Å². The summed E-state index contributed by atoms with van der Waals surface area (Å²) in [6.45, 7) is 1.47. The first-order valence-corrected chi connectivity index (χ1v) is 8.47. The van der Waals surface area contributed by atoms with Crippen LogP contribution in [0.15, 0.2) is 24.3 Å². The maximum Gasteiger partial charge on any atom is 0.227 e. The highest BCUT2D eigenvalue weighted by Gasteiger charge is 2.40. The smallest absolute Gasteiger partial charge is 0.227 e. The van der Waals surface area contributed by atoms with E-state index in [-0.39, 0.29) is 23.8 Å². The average Bonchev–Trinajstić information content (AvgIpc) is 2.46. The molecule has 1 aromatic rings. The number of hydrogen-bond donors (Lipinski definition) is 3. The van der Waals surface area contributed by atoms with Crippen molar-refractivity contribution in [2.24, 2.45) is 23.5 Å². The number of fused-ring (bicyclic) bond motifs is 2. The Labute approximate surface area is 137 Å². The molecule has 3 rings (SSSR count). The van der Waals surface area contributed by atoms with Crippen LogP contribution in [0.25, 0.3) is 0 Å². The van der Waals surface area contributed by atoms with E-state index in [1.807, 2.05) is 12.1 Å². The predicted octanol–water partition coefficient (Wildman–Crippen LogP) is 2.74. The molecule has 5 nitrogen and oxygen atoms in total. The molecular formula is C18H25N3O2. The van der Waals surface area contributed by atoms with Gasteiger partial charge in [0.1, 0.15) is 0 Å². The third-order valence-corrected chi connectivity index (χ3v) is 5.23. The normalized spacial score (nSPS) is 29.7. The summed E-state index contributed by atoms with van der Waals surface area (Å²) in [7, 11) is 0. The molecule has 0 heterocycles. The first kappa shape index (κ1) is 16.0. The lowest BCUT2D eigenvalue weighted by atomic mass is 9.65. The van der Waals surface area contributed by atoms with Gasteiger partial charge in [0, 0.05) is 30.3 Å². The minimum atomic E-state index is -0.123. The first-order valence-electron chi connectivity index (χ1n) is 8.47. The van der Waals surface area contributed by atoms with Crippen molar-refractivity contribution < 1.29 is 9.59 Å². The Bertz CT molecular complexity index is 588. The summed E-state index contributed by atoms with van der Waals surface area (Å²) >= 11 is 0. The Balaban J connectivity index is 1.64. The number of carbonyl (C=O) groups excluding carboxylic acids is 2. The Morgan fingerprint density at radius 1 is 1.09 bits per heavy atom. The summed E-state index contributed by atoms with van der Waals surface area (Å²) in [5.74, 6) is 0.985. The molecule has 2 unspecified atom stereocenters. The van der Waals surface area contributed by atoms with Gasteiger partial charge in [-0.3, -0.25) is 9.59 Å². The van der Waals surface area contributed by atoms with Crippen molar-refractivity contribution in [3.63, 3.8) is 0 Å². The second-order valence-electron chi connectivity index (χ2n) is 6.95. The number of carbonyl (C=O) groups is 2. The average molecular weight is 315 g/mol. The van der Waals surface area contributed by atoms with Gasteiger partial charge in [-0.05, 0) is 55.7 Å². The van der Waals surface area contributed by atoms with Crippen LogP contribution >= 0.6 is 0 Å². The fourth-order valence-corrected chi connectivity index (χ4v) is 4.13. The lowest BCUT2D eigenvalue weighted by Crippen LogP contribution is -2.48. The van der Waals surface area contributed by atoms with Crippen molar-refractivity contribution in [1.82, 2.24) is 0 Å². The highest BCUT2D eigenvalue weighted by molar-refractivity contribution is 5.94. The van der Waals surface area contributed by atoms with Crippen molar-refractivity contribution in [3.05, 3.63) is 24.3 Å². The Kier molecular flexibility index (Phi) is 4.66. The number of rotatable bonds is 3. The number of anilines is 2. The van der Waals surface area contributed by atoms with E-state index in [0.717, 1.165) is 31.4 Å². The largest absolute Gasteiger partial charge is 0.327 e. The van der Waals surface area contributed by atoms with Crippen LogP contribution in [-0.2, 0) is 9.59 Å². The summed E-state index contributed by atoms with van der Waals surface area (Å²) in [5, 5.41) is 5.73. The van der Waals surface area contributed by atoms with Gasteiger partial charge < -0.3 is 16.4 Å². The summed E-state index contributed by atoms with van der Waals surface area (Å²) < 4.78 is 0. The van der Waals surface area contributed by atoms with Crippen molar-refractivity contribution in [3.8, 4) is 0 Å². The highest BCUT2D eigenvalue weighted by Crippen LogP contribution is 2.42. The molecule has 0 radical (unpaired) electrons. The van der Waals surface area contributed by atoms with E-state index in [4.69, 9.17) is 5.73 Å². The second kappa shape index (κ2) is 6.71. The lowest BCUT2D eigenvalue weighted by Gasteiger charge is -2.43. The molecule has 0 aliphatic heterocycles. The standard InChI is InChI=1S/C18H25N3O2/c1-11(22)20-15-6-3-7-16(10-15)21-18(23)14-8-12-4-2-5-13(9-14)17(12)19/h3,6-7,10,12-14,17H,2,4-5,8-9,19H2,1H3,(H,20,22)(H,21,23). The minimum Gasteiger partial charge on any atom is -0.327 e. The highest BCUT2D eigenvalue weighted by atomic mass is 16.2. The first-order chi connectivity index (χ1) is 11.0. The SMILES string of the molecule is CC(=O)Nc1cccc(NC(=O)C2CC3CCCC(C2)C3N)c1.